The fourth-order valence-electron chi connectivity index (χ4n) is 15.0. The predicted molar refractivity (Wildman–Crippen MR) is 446 cm³/mol. The van der Waals surface area contributed by atoms with Gasteiger partial charge in [-0.05, 0) is 137 Å². The highest BCUT2D eigenvalue weighted by Gasteiger charge is 2.50. The van der Waals surface area contributed by atoms with Gasteiger partial charge in [0.15, 0.2) is 22.9 Å². The average molecular weight is 1750 g/mol. The molecule has 41 heteroatoms. The number of ether oxygens (including phenoxy) is 1. The van der Waals surface area contributed by atoms with Gasteiger partial charge in [-0.1, -0.05) is 42.4 Å². The Morgan fingerprint density at radius 2 is 1.43 bits per heavy atom. The van der Waals surface area contributed by atoms with Crippen molar-refractivity contribution < 1.29 is 108 Å². The first-order valence-corrected chi connectivity index (χ1v) is 44.1. The van der Waals surface area contributed by atoms with Gasteiger partial charge in [-0.15, -0.1) is 12.6 Å². The molecule has 121 heavy (non-hydrogen) atoms. The van der Waals surface area contributed by atoms with Crippen molar-refractivity contribution in [3.63, 3.8) is 0 Å². The standard InChI is InChI=1S/C80H97N13O21S3.O3S/c1-8-52-40(4)56-33-60-68(43(7)95)42(6)58(89-60)32-57-41(5)53(72(90-57)70-54-29-46(30-59(52)88-56)39(3)69(54)74(102)71(70)63(98)37-94)19-17-50(96)27-45(14-21-65(99)83-23-26-117(111,112)113)75(103)84-22-10-11-67(101)114-24-25-115-116-38-62(80(109)110)92-77(105)47(31-66(100)82-9-2)28-51(97)18-20-55(79(107)108)91-76(104)44-12-15-48(16-13-44)85-35-49-36-86-61-34-64(81)93-78(106)73(61)87-49;1-4(2)3/h12-13,15-16,30,32-34,36,40-41,45,47,52-53,55,62,71,85,89,94H,8-11,14,17-29,31,35,37-38H2,1-7H3,(H,82,100)(H,83,99)(H,84,103)(H,91,104)(H,92,105)(H,107,108)(H,109,110)(H3,81,93,106)(H,111,112,113);/t40-,41+,45-,47+,52-,53+,55+,62+,71?;/m1./s1. The Hall–Kier alpha value is -11.3. The lowest BCUT2D eigenvalue weighted by atomic mass is 9.78. The van der Waals surface area contributed by atoms with E-state index in [1.165, 1.54) is 31.3 Å². The Morgan fingerprint density at radius 3 is 2.09 bits per heavy atom. The number of nitrogens with two attached hydrogens (primary N) is 1. The molecule has 2 aliphatic carbocycles. The summed E-state index contributed by atoms with van der Waals surface area (Å²) in [5, 5.41) is 46.0. The van der Waals surface area contributed by atoms with Gasteiger partial charge in [0.1, 0.15) is 48.6 Å². The fraction of sp³-hybridized carbons (Fsp3) is 0.475. The van der Waals surface area contributed by atoms with Crippen molar-refractivity contribution in [1.29, 1.82) is 0 Å². The first-order chi connectivity index (χ1) is 57.3. The zero-order chi connectivity index (χ0) is 88.9. The second-order valence-corrected chi connectivity index (χ2v) is 34.2. The topological polar surface area (TPSA) is 595 Å². The number of carboxylic acid groups (broad SMARTS) is 2. The lowest BCUT2D eigenvalue weighted by Gasteiger charge is -2.22. The summed E-state index contributed by atoms with van der Waals surface area (Å²) in [5.41, 5.74) is 14.2. The molecule has 5 amide bonds. The number of aliphatic hydroxyl groups excluding tert-OH is 1. The number of carbonyl (C=O) groups excluding carboxylic acids is 11. The number of fused-ring (bicyclic) bond motifs is 7. The van der Waals surface area contributed by atoms with Crippen LogP contribution in [0.5, 0.6) is 0 Å². The zero-order valence-corrected chi connectivity index (χ0v) is 70.7. The molecule has 37 nitrogen and oxygen atoms in total. The molecule has 14 N–H and O–H groups in total. The Labute approximate surface area is 704 Å². The van der Waals surface area contributed by atoms with Crippen LogP contribution in [-0.4, -0.2) is 211 Å². The number of aliphatic imine (C=N–C) groups is 2. The van der Waals surface area contributed by atoms with E-state index in [9.17, 15) is 95.4 Å². The number of allylic oxidation sites excluding steroid dienone is 8. The number of rotatable bonds is 43. The number of nitrogens with one attached hydrogen (secondary N) is 8. The van der Waals surface area contributed by atoms with E-state index in [0.717, 1.165) is 45.0 Å². The molecule has 650 valence electrons. The number of pyridine rings is 1. The van der Waals surface area contributed by atoms with Gasteiger partial charge in [0, 0.05) is 163 Å². The largest absolute Gasteiger partial charge is 0.480 e. The van der Waals surface area contributed by atoms with Gasteiger partial charge in [0.25, 0.3) is 21.6 Å². The number of aliphatic carboxylic acids is 2. The molecule has 6 heterocycles. The van der Waals surface area contributed by atoms with E-state index in [2.05, 4.69) is 65.7 Å². The molecule has 3 aliphatic heterocycles. The number of nitrogens with zero attached hydrogens (tertiary/aromatic N) is 4. The second kappa shape index (κ2) is 43.8. The molecule has 9 atom stereocenters. The highest BCUT2D eigenvalue weighted by atomic mass is 33.1. The van der Waals surface area contributed by atoms with Crippen molar-refractivity contribution in [2.75, 3.05) is 61.2 Å². The van der Waals surface area contributed by atoms with E-state index < -0.39 is 183 Å². The molecular formula is C80H97N13O24S4. The highest BCUT2D eigenvalue weighted by Crippen LogP contribution is 2.51. The summed E-state index contributed by atoms with van der Waals surface area (Å²) < 4.78 is 62.7. The van der Waals surface area contributed by atoms with Crippen LogP contribution in [0.1, 0.15) is 168 Å². The third-order valence-corrected chi connectivity index (χ3v) is 24.3. The van der Waals surface area contributed by atoms with Gasteiger partial charge in [0.2, 0.25) is 23.6 Å². The molecule has 8 bridgehead atoms. The van der Waals surface area contributed by atoms with Crippen LogP contribution in [0.4, 0.5) is 11.5 Å². The number of aromatic nitrogens is 4. The first kappa shape index (κ1) is 95.2. The van der Waals surface area contributed by atoms with Crippen LogP contribution in [0.15, 0.2) is 96.6 Å². The number of hydrogen-bond acceptors (Lipinski definition) is 29. The maximum absolute atomic E-state index is 14.7. The number of hydrogen-bond donors (Lipinski definition) is 13. The van der Waals surface area contributed by atoms with Crippen LogP contribution in [0.25, 0.3) is 23.2 Å². The minimum absolute atomic E-state index is 0.00603. The molecule has 1 aromatic carbocycles. The molecule has 0 radical (unpaired) electrons. The number of benzene rings is 1. The number of Topliss-reactive ketones (excluding diaryl/α,β-unsaturated/α-hetero) is 5. The van der Waals surface area contributed by atoms with Crippen molar-refractivity contribution in [1.82, 2.24) is 46.5 Å². The minimum Gasteiger partial charge on any atom is -0.480 e. The SMILES string of the molecule is CCNC(=O)C[C@H](CC(=O)CC[C@H](NC(=O)c1ccc(NCc2cnc3cc(N)[nH]c(=O)c3n2)cc1)C(=O)O)C(=O)N[C@@H](CSSCCOC(=O)CCCNC(=O)[C@H](CCC(=O)NCCS(=O)(=O)O)CC(=O)CC[C@@H]1C2=NC(=Cc3[nH]c(c(C(C)=O)c3C)C=C3N=C(C=C4CC5=C2C(C(=O)CO)C(=O)C5=C4C)[C@H](CC)[C@H]3C)[C@H]1C)C(=O)O.O=S(=O)=O. The van der Waals surface area contributed by atoms with Gasteiger partial charge in [0.05, 0.1) is 41.3 Å². The normalized spacial score (nSPS) is 18.0. The summed E-state index contributed by atoms with van der Waals surface area (Å²) in [6, 6.07) is 4.33. The highest BCUT2D eigenvalue weighted by molar-refractivity contribution is 8.76. The molecule has 0 spiro atoms. The number of H-pyrrole nitrogens is 2. The minimum atomic E-state index is -4.44. The third kappa shape index (κ3) is 26.1. The number of carboxylic acids is 2. The molecule has 3 aromatic heterocycles. The summed E-state index contributed by atoms with van der Waals surface area (Å²) in [6.07, 6.45) is 5.10. The van der Waals surface area contributed by atoms with E-state index in [4.69, 9.17) is 33.1 Å². The zero-order valence-electron chi connectivity index (χ0n) is 67.4. The summed E-state index contributed by atoms with van der Waals surface area (Å²) in [7, 11) is -5.44. The molecule has 4 aromatic rings. The van der Waals surface area contributed by atoms with Crippen LogP contribution in [0.3, 0.4) is 0 Å². The van der Waals surface area contributed by atoms with Crippen molar-refractivity contribution in [3.05, 3.63) is 126 Å². The summed E-state index contributed by atoms with van der Waals surface area (Å²) in [6.45, 7) is 11.5. The Bertz CT molecular complexity index is 5290. The fourth-order valence-corrected chi connectivity index (χ4v) is 17.3. The van der Waals surface area contributed by atoms with Crippen molar-refractivity contribution >= 4 is 165 Å². The Balaban J connectivity index is 0.00000445. The van der Waals surface area contributed by atoms with Gasteiger partial charge < -0.3 is 67.7 Å². The number of nitrogen functional groups attached to an aromatic ring is 1. The quantitative estimate of drug-likeness (QED) is 0.00702. The van der Waals surface area contributed by atoms with Crippen molar-refractivity contribution in [2.24, 2.45) is 51.4 Å². The number of ketones is 5. The smallest absolute Gasteiger partial charge is 0.425 e. The van der Waals surface area contributed by atoms with Crippen LogP contribution in [-0.2, 0) is 84.7 Å². The number of aliphatic hydroxyl groups is 1. The van der Waals surface area contributed by atoms with Crippen LogP contribution in [0, 0.1) is 48.3 Å². The van der Waals surface area contributed by atoms with Gasteiger partial charge in [-0.2, -0.15) is 8.42 Å². The second-order valence-electron chi connectivity index (χ2n) is 29.6. The van der Waals surface area contributed by atoms with Gasteiger partial charge in [-0.25, -0.2) is 14.6 Å². The Kier molecular flexibility index (Phi) is 34.5. The van der Waals surface area contributed by atoms with Crippen molar-refractivity contribution in [3.8, 4) is 0 Å². The van der Waals surface area contributed by atoms with Crippen LogP contribution >= 0.6 is 21.6 Å². The van der Waals surface area contributed by atoms with Gasteiger partial charge in [-0.3, -0.25) is 77.1 Å². The van der Waals surface area contributed by atoms with Gasteiger partial charge >= 0.3 is 28.5 Å². The Morgan fingerprint density at radius 1 is 0.760 bits per heavy atom. The summed E-state index contributed by atoms with van der Waals surface area (Å²) in [4.78, 5) is 211. The van der Waals surface area contributed by atoms with E-state index in [0.29, 0.717) is 73.1 Å². The van der Waals surface area contributed by atoms with E-state index in [-0.39, 0.29) is 124 Å². The number of esters is 1. The first-order valence-electron chi connectivity index (χ1n) is 39.0. The summed E-state index contributed by atoms with van der Waals surface area (Å²) >= 11 is 0. The van der Waals surface area contributed by atoms with E-state index in [1.807, 2.05) is 39.0 Å². The number of aromatic amines is 2. The maximum atomic E-state index is 14.7. The molecular weight excluding hydrogens is 1660 g/mol. The van der Waals surface area contributed by atoms with Crippen LogP contribution < -0.4 is 43.2 Å². The molecule has 0 fully saturated rings. The molecule has 5 aliphatic rings. The third-order valence-electron chi connectivity index (χ3n) is 21.2. The molecule has 9 rings (SSSR count). The summed E-state index contributed by atoms with van der Waals surface area (Å²) in [5.74, 6) is -15.4. The average Bonchev–Trinajstić information content (AvgIpc) is 1.56. The lowest BCUT2D eigenvalue weighted by Crippen LogP contribution is -2.46. The monoisotopic (exact) mass is 1750 g/mol. The molecule has 1 unspecified atom stereocenters. The number of carbonyl (C=O) groups is 13. The molecule has 0 saturated carbocycles. The van der Waals surface area contributed by atoms with E-state index >= 15 is 0 Å². The van der Waals surface area contributed by atoms with Crippen molar-refractivity contribution in [2.45, 2.75) is 151 Å². The maximum Gasteiger partial charge on any atom is 0.425 e. The lowest BCUT2D eigenvalue weighted by molar-refractivity contribution is -0.143. The number of anilines is 2. The van der Waals surface area contributed by atoms with Crippen LogP contribution in [0.2, 0.25) is 0 Å². The molecule has 0 saturated heterocycles. The van der Waals surface area contributed by atoms with E-state index in [1.54, 1.807) is 19.1 Å². The number of amides is 5. The predicted octanol–water partition coefficient (Wildman–Crippen LogP) is 4.87.